The molecular formula is C29H27NO5. The van der Waals surface area contributed by atoms with E-state index in [2.05, 4.69) is 5.32 Å². The zero-order valence-electron chi connectivity index (χ0n) is 19.5. The molecule has 1 atom stereocenters. The predicted octanol–water partition coefficient (Wildman–Crippen LogP) is 5.45. The molecule has 1 saturated carbocycles. The number of amides is 1. The number of rotatable bonds is 8. The zero-order valence-corrected chi connectivity index (χ0v) is 19.5. The largest absolute Gasteiger partial charge is 0.507 e. The van der Waals surface area contributed by atoms with Gasteiger partial charge < -0.3 is 19.6 Å². The van der Waals surface area contributed by atoms with Crippen LogP contribution >= 0.6 is 0 Å². The van der Waals surface area contributed by atoms with Crippen LogP contribution in [0.15, 0.2) is 82.0 Å². The topological polar surface area (TPSA) is 88.8 Å². The molecular weight excluding hydrogens is 442 g/mol. The van der Waals surface area contributed by atoms with Gasteiger partial charge in [0.05, 0.1) is 12.1 Å². The summed E-state index contributed by atoms with van der Waals surface area (Å²) in [7, 11) is 0. The first-order valence-electron chi connectivity index (χ1n) is 11.8. The van der Waals surface area contributed by atoms with Crippen LogP contribution in [-0.4, -0.2) is 23.7 Å². The van der Waals surface area contributed by atoms with Crippen molar-refractivity contribution in [2.24, 2.45) is 5.92 Å². The highest BCUT2D eigenvalue weighted by molar-refractivity contribution is 5.97. The summed E-state index contributed by atoms with van der Waals surface area (Å²) in [5.41, 5.74) is 3.15. The fourth-order valence-corrected chi connectivity index (χ4v) is 4.37. The fraction of sp³-hybridized carbons (Fsp3) is 0.241. The smallest absolute Gasteiger partial charge is 0.336 e. The van der Waals surface area contributed by atoms with E-state index >= 15 is 0 Å². The Balaban J connectivity index is 1.38. The maximum Gasteiger partial charge on any atom is 0.336 e. The van der Waals surface area contributed by atoms with Crippen LogP contribution in [0.5, 0.6) is 11.5 Å². The van der Waals surface area contributed by atoms with E-state index < -0.39 is 5.63 Å². The van der Waals surface area contributed by atoms with Gasteiger partial charge in [-0.1, -0.05) is 49.2 Å². The molecule has 2 N–H and O–H groups in total. The Labute approximate surface area is 203 Å². The minimum absolute atomic E-state index is 0.0568. The van der Waals surface area contributed by atoms with E-state index in [0.29, 0.717) is 23.8 Å². The van der Waals surface area contributed by atoms with Gasteiger partial charge in [0.2, 0.25) is 0 Å². The van der Waals surface area contributed by atoms with Crippen molar-refractivity contribution in [2.45, 2.75) is 32.3 Å². The van der Waals surface area contributed by atoms with Crippen LogP contribution in [0.4, 0.5) is 0 Å². The quantitative estimate of drug-likeness (QED) is 0.335. The Bertz CT molecular complexity index is 1440. The van der Waals surface area contributed by atoms with Crippen LogP contribution < -0.4 is 15.7 Å². The molecule has 1 aromatic heterocycles. The number of phenolic OH excluding ortho intramolecular Hbond substituents is 1. The fourth-order valence-electron chi connectivity index (χ4n) is 4.37. The molecule has 1 unspecified atom stereocenters. The van der Waals surface area contributed by atoms with Crippen molar-refractivity contribution in [1.82, 2.24) is 5.32 Å². The van der Waals surface area contributed by atoms with E-state index in [4.69, 9.17) is 9.15 Å². The maximum atomic E-state index is 12.6. The number of fused-ring (bicyclic) bond motifs is 1. The SMILES string of the molecule is Cc1ccccc1-c1cc(=O)oc2cc(OC(CNC(=O)c3ccccc3O)CC3CC3)ccc12. The van der Waals surface area contributed by atoms with Crippen LogP contribution in [0.2, 0.25) is 0 Å². The molecule has 6 nitrogen and oxygen atoms in total. The van der Waals surface area contributed by atoms with Gasteiger partial charge >= 0.3 is 5.63 Å². The molecule has 1 aliphatic rings. The lowest BCUT2D eigenvalue weighted by atomic mass is 9.98. The average molecular weight is 470 g/mol. The van der Waals surface area contributed by atoms with Crippen molar-refractivity contribution >= 4 is 16.9 Å². The number of hydrogen-bond acceptors (Lipinski definition) is 5. The minimum Gasteiger partial charge on any atom is -0.507 e. The van der Waals surface area contributed by atoms with Gasteiger partial charge in [0, 0.05) is 23.1 Å². The van der Waals surface area contributed by atoms with Crippen LogP contribution in [-0.2, 0) is 0 Å². The molecule has 1 heterocycles. The van der Waals surface area contributed by atoms with Crippen LogP contribution in [0.1, 0.15) is 35.2 Å². The third-order valence-corrected chi connectivity index (χ3v) is 6.39. The van der Waals surface area contributed by atoms with E-state index in [9.17, 15) is 14.7 Å². The molecule has 4 aromatic rings. The van der Waals surface area contributed by atoms with E-state index in [1.807, 2.05) is 43.3 Å². The third kappa shape index (κ3) is 5.22. The second kappa shape index (κ2) is 9.66. The van der Waals surface area contributed by atoms with Crippen molar-refractivity contribution in [1.29, 1.82) is 0 Å². The van der Waals surface area contributed by atoms with Gasteiger partial charge in [0.1, 0.15) is 23.2 Å². The average Bonchev–Trinajstić information content (AvgIpc) is 3.66. The van der Waals surface area contributed by atoms with Crippen LogP contribution in [0.3, 0.4) is 0 Å². The number of para-hydroxylation sites is 1. The highest BCUT2D eigenvalue weighted by atomic mass is 16.5. The molecule has 1 fully saturated rings. The lowest BCUT2D eigenvalue weighted by Crippen LogP contribution is -2.35. The second-order valence-corrected chi connectivity index (χ2v) is 9.10. The summed E-state index contributed by atoms with van der Waals surface area (Å²) in [6, 6.07) is 21.4. The number of phenols is 1. The van der Waals surface area contributed by atoms with Gasteiger partial charge in [-0.3, -0.25) is 4.79 Å². The highest BCUT2D eigenvalue weighted by Crippen LogP contribution is 2.35. The molecule has 3 aromatic carbocycles. The van der Waals surface area contributed by atoms with Crippen molar-refractivity contribution in [3.63, 3.8) is 0 Å². The molecule has 35 heavy (non-hydrogen) atoms. The highest BCUT2D eigenvalue weighted by Gasteiger charge is 2.27. The van der Waals surface area contributed by atoms with Crippen molar-refractivity contribution in [3.05, 3.63) is 94.3 Å². The number of carbonyl (C=O) groups is 1. The van der Waals surface area contributed by atoms with E-state index in [0.717, 1.165) is 41.3 Å². The van der Waals surface area contributed by atoms with Gasteiger partial charge in [-0.05, 0) is 54.7 Å². The van der Waals surface area contributed by atoms with E-state index in [1.54, 1.807) is 24.3 Å². The summed E-state index contributed by atoms with van der Waals surface area (Å²) >= 11 is 0. The lowest BCUT2D eigenvalue weighted by molar-refractivity contribution is 0.0919. The number of hydrogen-bond donors (Lipinski definition) is 2. The number of aryl methyl sites for hydroxylation is 1. The summed E-state index contributed by atoms with van der Waals surface area (Å²) in [6.45, 7) is 2.31. The molecule has 0 spiro atoms. The van der Waals surface area contributed by atoms with Crippen molar-refractivity contribution in [2.75, 3.05) is 6.54 Å². The Hall–Kier alpha value is -4.06. The molecule has 0 saturated heterocycles. The summed E-state index contributed by atoms with van der Waals surface area (Å²) in [5.74, 6) is 0.747. The van der Waals surface area contributed by atoms with Gasteiger partial charge in [0.25, 0.3) is 5.91 Å². The molecule has 178 valence electrons. The first kappa shape index (κ1) is 22.7. The predicted molar refractivity (Wildman–Crippen MR) is 135 cm³/mol. The molecule has 0 bridgehead atoms. The molecule has 0 aliphatic heterocycles. The van der Waals surface area contributed by atoms with Crippen LogP contribution in [0, 0.1) is 12.8 Å². The van der Waals surface area contributed by atoms with Gasteiger partial charge in [-0.25, -0.2) is 4.79 Å². The van der Waals surface area contributed by atoms with E-state index in [-0.39, 0.29) is 23.3 Å². The Kier molecular flexibility index (Phi) is 6.27. The number of benzene rings is 3. The second-order valence-electron chi connectivity index (χ2n) is 9.10. The first-order chi connectivity index (χ1) is 17.0. The van der Waals surface area contributed by atoms with Gasteiger partial charge in [-0.15, -0.1) is 0 Å². The molecule has 1 aliphatic carbocycles. The Morgan fingerprint density at radius 3 is 2.60 bits per heavy atom. The zero-order chi connectivity index (χ0) is 24.4. The third-order valence-electron chi connectivity index (χ3n) is 6.39. The van der Waals surface area contributed by atoms with Crippen LogP contribution in [0.25, 0.3) is 22.1 Å². The molecule has 1 amide bonds. The number of ether oxygens (including phenoxy) is 1. The normalized spacial score (nSPS) is 14.0. The lowest BCUT2D eigenvalue weighted by Gasteiger charge is -2.20. The van der Waals surface area contributed by atoms with Crippen molar-refractivity contribution in [3.8, 4) is 22.6 Å². The molecule has 6 heteroatoms. The summed E-state index contributed by atoms with van der Waals surface area (Å²) < 4.78 is 11.8. The van der Waals surface area contributed by atoms with Gasteiger partial charge in [-0.2, -0.15) is 0 Å². The number of nitrogens with one attached hydrogen (secondary N) is 1. The maximum absolute atomic E-state index is 12.6. The van der Waals surface area contributed by atoms with E-state index in [1.165, 1.54) is 12.1 Å². The minimum atomic E-state index is -0.419. The molecule has 5 rings (SSSR count). The monoisotopic (exact) mass is 469 g/mol. The number of carbonyl (C=O) groups excluding carboxylic acids is 1. The van der Waals surface area contributed by atoms with Gasteiger partial charge in [0.15, 0.2) is 0 Å². The summed E-state index contributed by atoms with van der Waals surface area (Å²) in [4.78, 5) is 24.9. The molecule has 0 radical (unpaired) electrons. The summed E-state index contributed by atoms with van der Waals surface area (Å²) in [5, 5.41) is 13.7. The number of aromatic hydroxyl groups is 1. The Morgan fingerprint density at radius 2 is 1.83 bits per heavy atom. The first-order valence-corrected chi connectivity index (χ1v) is 11.8. The van der Waals surface area contributed by atoms with Crippen molar-refractivity contribution < 1.29 is 19.1 Å². The standard InChI is InChI=1S/C29H27NO5/c1-18-6-2-3-7-22(18)25-16-28(32)35-27-15-20(12-13-23(25)27)34-21(14-19-10-11-19)17-30-29(33)24-8-4-5-9-26(24)31/h2-9,12-13,15-16,19,21,31H,10-11,14,17H2,1H3,(H,30,33). The summed E-state index contributed by atoms with van der Waals surface area (Å²) in [6.07, 6.45) is 2.87. The Morgan fingerprint density at radius 1 is 1.06 bits per heavy atom.